The van der Waals surface area contributed by atoms with Crippen LogP contribution in [0.25, 0.3) is 10.9 Å². The second kappa shape index (κ2) is 6.13. The maximum atomic E-state index is 12.1. The number of nitrogens with one attached hydrogen (secondary N) is 2. The first-order valence-corrected chi connectivity index (χ1v) is 6.82. The summed E-state index contributed by atoms with van der Waals surface area (Å²) in [4.78, 5) is 16.4. The summed E-state index contributed by atoms with van der Waals surface area (Å²) in [6, 6.07) is 16.5. The average Bonchev–Trinajstić information content (AvgIpc) is 2.55. The van der Waals surface area contributed by atoms with Crippen molar-refractivity contribution in [1.82, 2.24) is 4.98 Å². The maximum absolute atomic E-state index is 12.1. The molecule has 5 heteroatoms. The lowest BCUT2D eigenvalue weighted by Crippen LogP contribution is -2.19. The number of pyridine rings is 1. The summed E-state index contributed by atoms with van der Waals surface area (Å²) in [6.45, 7) is 0. The summed E-state index contributed by atoms with van der Waals surface area (Å²) in [5.41, 5.74) is 2.13. The first-order chi connectivity index (χ1) is 10.8. The summed E-state index contributed by atoms with van der Waals surface area (Å²) in [7, 11) is 1.56. The summed E-state index contributed by atoms with van der Waals surface area (Å²) in [5.74, 6) is 0.606. The number of fused-ring (bicyclic) bond motifs is 1. The van der Waals surface area contributed by atoms with E-state index in [1.165, 1.54) is 0 Å². The molecule has 0 atom stereocenters. The number of hydrogen-bond acceptors (Lipinski definition) is 3. The SMILES string of the molecule is COc1ccccc1NC(=O)Nc1cnc2ccccc2c1. The van der Waals surface area contributed by atoms with Gasteiger partial charge in [0.25, 0.3) is 0 Å². The van der Waals surface area contributed by atoms with Crippen LogP contribution < -0.4 is 15.4 Å². The van der Waals surface area contributed by atoms with E-state index in [1.807, 2.05) is 42.5 Å². The highest BCUT2D eigenvalue weighted by atomic mass is 16.5. The molecule has 0 aliphatic carbocycles. The van der Waals surface area contributed by atoms with Gasteiger partial charge in [0.2, 0.25) is 0 Å². The van der Waals surface area contributed by atoms with Gasteiger partial charge in [0.1, 0.15) is 5.75 Å². The highest BCUT2D eigenvalue weighted by Crippen LogP contribution is 2.23. The van der Waals surface area contributed by atoms with E-state index in [4.69, 9.17) is 4.74 Å². The number of urea groups is 1. The predicted octanol–water partition coefficient (Wildman–Crippen LogP) is 3.89. The number of nitrogens with zero attached hydrogens (tertiary/aromatic N) is 1. The van der Waals surface area contributed by atoms with Crippen molar-refractivity contribution in [2.45, 2.75) is 0 Å². The minimum absolute atomic E-state index is 0.346. The van der Waals surface area contributed by atoms with E-state index in [0.29, 0.717) is 17.1 Å². The molecule has 0 bridgehead atoms. The standard InChI is InChI=1S/C17H15N3O2/c1-22-16-9-5-4-8-15(16)20-17(21)19-13-10-12-6-2-3-7-14(12)18-11-13/h2-11H,1H3,(H2,19,20,21). The van der Waals surface area contributed by atoms with Gasteiger partial charge >= 0.3 is 6.03 Å². The Balaban J connectivity index is 1.75. The van der Waals surface area contributed by atoms with Crippen LogP contribution >= 0.6 is 0 Å². The smallest absolute Gasteiger partial charge is 0.323 e. The predicted molar refractivity (Wildman–Crippen MR) is 87.4 cm³/mol. The van der Waals surface area contributed by atoms with E-state index in [9.17, 15) is 4.79 Å². The van der Waals surface area contributed by atoms with E-state index in [-0.39, 0.29) is 6.03 Å². The van der Waals surface area contributed by atoms with E-state index < -0.39 is 0 Å². The molecule has 0 saturated heterocycles. The molecule has 3 rings (SSSR count). The van der Waals surface area contributed by atoms with Gasteiger partial charge in [-0.3, -0.25) is 4.98 Å². The van der Waals surface area contributed by atoms with Gasteiger partial charge in [-0.15, -0.1) is 0 Å². The van der Waals surface area contributed by atoms with Gasteiger partial charge < -0.3 is 15.4 Å². The number of rotatable bonds is 3. The van der Waals surface area contributed by atoms with Gasteiger partial charge in [-0.05, 0) is 24.3 Å². The molecule has 2 amide bonds. The van der Waals surface area contributed by atoms with Crippen LogP contribution in [0, 0.1) is 0 Å². The Morgan fingerprint density at radius 2 is 1.82 bits per heavy atom. The van der Waals surface area contributed by atoms with Crippen LogP contribution in [0.3, 0.4) is 0 Å². The average molecular weight is 293 g/mol. The largest absolute Gasteiger partial charge is 0.495 e. The van der Waals surface area contributed by atoms with Crippen LogP contribution in [0.1, 0.15) is 0 Å². The van der Waals surface area contributed by atoms with Gasteiger partial charge in [-0.2, -0.15) is 0 Å². The van der Waals surface area contributed by atoms with Crippen molar-refractivity contribution >= 4 is 28.3 Å². The van der Waals surface area contributed by atoms with E-state index in [0.717, 1.165) is 10.9 Å². The number of carbonyl (C=O) groups is 1. The van der Waals surface area contributed by atoms with Crippen LogP contribution in [0.2, 0.25) is 0 Å². The molecule has 0 radical (unpaired) electrons. The molecule has 0 aliphatic rings. The minimum Gasteiger partial charge on any atom is -0.495 e. The minimum atomic E-state index is -0.346. The van der Waals surface area contributed by atoms with Crippen molar-refractivity contribution < 1.29 is 9.53 Å². The summed E-state index contributed by atoms with van der Waals surface area (Å²) >= 11 is 0. The molecule has 110 valence electrons. The normalized spacial score (nSPS) is 10.2. The number of ether oxygens (including phenoxy) is 1. The third kappa shape index (κ3) is 2.98. The van der Waals surface area contributed by atoms with Crippen LogP contribution in [0.4, 0.5) is 16.2 Å². The van der Waals surface area contributed by atoms with Crippen molar-refractivity contribution in [3.8, 4) is 5.75 Å². The Morgan fingerprint density at radius 1 is 1.05 bits per heavy atom. The lowest BCUT2D eigenvalue weighted by atomic mass is 10.2. The Hall–Kier alpha value is -3.08. The van der Waals surface area contributed by atoms with Gasteiger partial charge in [0, 0.05) is 5.39 Å². The number of aromatic nitrogens is 1. The Kier molecular flexibility index (Phi) is 3.87. The monoisotopic (exact) mass is 293 g/mol. The number of anilines is 2. The van der Waals surface area contributed by atoms with Gasteiger partial charge in [0.05, 0.1) is 30.2 Å². The lowest BCUT2D eigenvalue weighted by Gasteiger charge is -2.11. The zero-order chi connectivity index (χ0) is 15.4. The fourth-order valence-corrected chi connectivity index (χ4v) is 2.17. The van der Waals surface area contributed by atoms with Crippen molar-refractivity contribution in [3.05, 3.63) is 60.8 Å². The molecule has 3 aromatic rings. The molecular weight excluding hydrogens is 278 g/mol. The second-order valence-electron chi connectivity index (χ2n) is 4.70. The Morgan fingerprint density at radius 3 is 2.68 bits per heavy atom. The fourth-order valence-electron chi connectivity index (χ4n) is 2.17. The highest BCUT2D eigenvalue weighted by Gasteiger charge is 2.07. The number of carbonyl (C=O) groups excluding carboxylic acids is 1. The number of amides is 2. The molecule has 22 heavy (non-hydrogen) atoms. The Labute approximate surface area is 127 Å². The van der Waals surface area contributed by atoms with Gasteiger partial charge in [-0.25, -0.2) is 4.79 Å². The molecule has 0 fully saturated rings. The molecule has 2 N–H and O–H groups in total. The van der Waals surface area contributed by atoms with E-state index in [2.05, 4.69) is 15.6 Å². The van der Waals surface area contributed by atoms with Crippen LogP contribution in [-0.4, -0.2) is 18.1 Å². The second-order valence-corrected chi connectivity index (χ2v) is 4.70. The highest BCUT2D eigenvalue weighted by molar-refractivity contribution is 6.01. The fraction of sp³-hybridized carbons (Fsp3) is 0.0588. The van der Waals surface area contributed by atoms with Crippen molar-refractivity contribution in [2.24, 2.45) is 0 Å². The molecule has 0 saturated carbocycles. The number of hydrogen-bond donors (Lipinski definition) is 2. The molecule has 0 spiro atoms. The van der Waals surface area contributed by atoms with Crippen LogP contribution in [0.15, 0.2) is 60.8 Å². The zero-order valence-corrected chi connectivity index (χ0v) is 12.0. The quantitative estimate of drug-likeness (QED) is 0.770. The van der Waals surface area contributed by atoms with Gasteiger partial charge in [-0.1, -0.05) is 30.3 Å². The third-order valence-corrected chi connectivity index (χ3v) is 3.20. The Bertz CT molecular complexity index is 818. The topological polar surface area (TPSA) is 63.2 Å². The first kappa shape index (κ1) is 13.9. The molecular formula is C17H15N3O2. The molecule has 0 aliphatic heterocycles. The van der Waals surface area contributed by atoms with E-state index >= 15 is 0 Å². The number of methoxy groups -OCH3 is 1. The molecule has 5 nitrogen and oxygen atoms in total. The van der Waals surface area contributed by atoms with Crippen molar-refractivity contribution in [1.29, 1.82) is 0 Å². The maximum Gasteiger partial charge on any atom is 0.323 e. The summed E-state index contributed by atoms with van der Waals surface area (Å²) in [5, 5.41) is 6.49. The van der Waals surface area contributed by atoms with Crippen molar-refractivity contribution in [3.63, 3.8) is 0 Å². The molecule has 2 aromatic carbocycles. The molecule has 1 heterocycles. The number of benzene rings is 2. The van der Waals surface area contributed by atoms with Crippen LogP contribution in [-0.2, 0) is 0 Å². The van der Waals surface area contributed by atoms with E-state index in [1.54, 1.807) is 25.4 Å². The van der Waals surface area contributed by atoms with Crippen LogP contribution in [0.5, 0.6) is 5.75 Å². The lowest BCUT2D eigenvalue weighted by molar-refractivity contribution is 0.262. The summed E-state index contributed by atoms with van der Waals surface area (Å²) < 4.78 is 5.20. The van der Waals surface area contributed by atoms with Crippen molar-refractivity contribution in [2.75, 3.05) is 17.7 Å². The summed E-state index contributed by atoms with van der Waals surface area (Å²) in [6.07, 6.45) is 1.63. The zero-order valence-electron chi connectivity index (χ0n) is 12.0. The number of para-hydroxylation sites is 3. The first-order valence-electron chi connectivity index (χ1n) is 6.82. The molecule has 0 unspecified atom stereocenters. The third-order valence-electron chi connectivity index (χ3n) is 3.20. The van der Waals surface area contributed by atoms with Gasteiger partial charge in [0.15, 0.2) is 0 Å². The molecule has 1 aromatic heterocycles.